The van der Waals surface area contributed by atoms with Crippen LogP contribution in [0.1, 0.15) is 36.5 Å². The Hall–Kier alpha value is -4.73. The number of carbonyl (C=O) groups excluding carboxylic acids is 1. The standard InChI is InChI=1S/C34H29Cl2FN4O4/c1-19(2)25-16-26(20(3)13-30(25)44-4)33-40-29-8-6-5-7-24(29)34(43)41(33)38-17-21-14-27(35)32(28(36)15-21)45-18-31(42)39-23-11-9-22(37)10-12-23/h5-17,19H,18H2,1-4H3,(H,39,42). The smallest absolute Gasteiger partial charge is 0.282 e. The zero-order chi connectivity index (χ0) is 32.2. The quantitative estimate of drug-likeness (QED) is 0.165. The van der Waals surface area contributed by atoms with Crippen molar-refractivity contribution in [2.75, 3.05) is 19.0 Å². The van der Waals surface area contributed by atoms with Crippen LogP contribution in [0.25, 0.3) is 22.3 Å². The molecule has 4 aromatic carbocycles. The van der Waals surface area contributed by atoms with Gasteiger partial charge in [0.2, 0.25) is 0 Å². The molecule has 0 fully saturated rings. The second-order valence-electron chi connectivity index (χ2n) is 10.5. The molecule has 0 saturated heterocycles. The lowest BCUT2D eigenvalue weighted by molar-refractivity contribution is -0.118. The van der Waals surface area contributed by atoms with E-state index in [1.54, 1.807) is 37.4 Å². The number of methoxy groups -OCH3 is 1. The van der Waals surface area contributed by atoms with E-state index in [9.17, 15) is 14.0 Å². The number of amides is 1. The number of benzene rings is 4. The number of rotatable bonds is 9. The van der Waals surface area contributed by atoms with E-state index in [1.165, 1.54) is 35.2 Å². The van der Waals surface area contributed by atoms with Crippen LogP contribution in [-0.4, -0.2) is 35.5 Å². The van der Waals surface area contributed by atoms with Crippen LogP contribution in [-0.2, 0) is 4.79 Å². The number of fused-ring (bicyclic) bond motifs is 1. The van der Waals surface area contributed by atoms with E-state index < -0.39 is 11.7 Å². The van der Waals surface area contributed by atoms with E-state index in [0.717, 1.165) is 22.4 Å². The Balaban J connectivity index is 1.48. The van der Waals surface area contributed by atoms with Crippen LogP contribution in [0.5, 0.6) is 11.5 Å². The maximum Gasteiger partial charge on any atom is 0.282 e. The molecule has 230 valence electrons. The van der Waals surface area contributed by atoms with Crippen LogP contribution >= 0.6 is 23.2 Å². The highest BCUT2D eigenvalue weighted by Crippen LogP contribution is 2.35. The third kappa shape index (κ3) is 7.00. The minimum atomic E-state index is -0.482. The SMILES string of the molecule is COc1cc(C)c(-c2nc3ccccc3c(=O)n2N=Cc2cc(Cl)c(OCC(=O)Nc3ccc(F)cc3)c(Cl)c2)cc1C(C)C. The summed E-state index contributed by atoms with van der Waals surface area (Å²) in [7, 11) is 1.63. The van der Waals surface area contributed by atoms with Gasteiger partial charge in [0.15, 0.2) is 18.2 Å². The zero-order valence-electron chi connectivity index (χ0n) is 24.9. The normalized spacial score (nSPS) is 11.4. The van der Waals surface area contributed by atoms with E-state index in [1.807, 2.05) is 25.1 Å². The van der Waals surface area contributed by atoms with Gasteiger partial charge in [-0.15, -0.1) is 0 Å². The Morgan fingerprint density at radius 3 is 2.42 bits per heavy atom. The van der Waals surface area contributed by atoms with Gasteiger partial charge < -0.3 is 14.8 Å². The number of para-hydroxylation sites is 1. The van der Waals surface area contributed by atoms with E-state index >= 15 is 0 Å². The first kappa shape index (κ1) is 31.7. The van der Waals surface area contributed by atoms with Gasteiger partial charge >= 0.3 is 0 Å². The van der Waals surface area contributed by atoms with Crippen LogP contribution in [0.2, 0.25) is 10.0 Å². The van der Waals surface area contributed by atoms with Crippen LogP contribution in [0.3, 0.4) is 0 Å². The van der Waals surface area contributed by atoms with Gasteiger partial charge in [0.05, 0.1) is 34.3 Å². The van der Waals surface area contributed by atoms with Gasteiger partial charge in [-0.1, -0.05) is 49.2 Å². The Labute approximate surface area is 269 Å². The molecular formula is C34H29Cl2FN4O4. The van der Waals surface area contributed by atoms with E-state index in [0.29, 0.717) is 28.0 Å². The molecule has 1 amide bonds. The molecule has 1 N–H and O–H groups in total. The molecule has 0 atom stereocenters. The predicted molar refractivity (Wildman–Crippen MR) is 177 cm³/mol. The fraction of sp³-hybridized carbons (Fsp3) is 0.176. The van der Waals surface area contributed by atoms with Gasteiger partial charge in [-0.2, -0.15) is 9.78 Å². The largest absolute Gasteiger partial charge is 0.496 e. The van der Waals surface area contributed by atoms with Crippen molar-refractivity contribution in [1.29, 1.82) is 0 Å². The number of ether oxygens (including phenoxy) is 2. The van der Waals surface area contributed by atoms with Crippen LogP contribution < -0.4 is 20.3 Å². The van der Waals surface area contributed by atoms with Crippen molar-refractivity contribution in [3.8, 4) is 22.9 Å². The number of aryl methyl sites for hydroxylation is 1. The maximum atomic E-state index is 13.7. The van der Waals surface area contributed by atoms with E-state index in [4.69, 9.17) is 37.7 Å². The number of nitrogens with one attached hydrogen (secondary N) is 1. The Morgan fingerprint density at radius 2 is 1.76 bits per heavy atom. The third-order valence-corrected chi connectivity index (χ3v) is 7.57. The van der Waals surface area contributed by atoms with Crippen molar-refractivity contribution in [2.24, 2.45) is 5.10 Å². The van der Waals surface area contributed by atoms with Crippen molar-refractivity contribution in [1.82, 2.24) is 9.66 Å². The average Bonchev–Trinajstić information content (AvgIpc) is 3.01. The molecule has 0 aliphatic rings. The molecule has 5 rings (SSSR count). The van der Waals surface area contributed by atoms with Gasteiger partial charge in [-0.25, -0.2) is 9.37 Å². The summed E-state index contributed by atoms with van der Waals surface area (Å²) in [6, 6.07) is 19.4. The average molecular weight is 648 g/mol. The van der Waals surface area contributed by atoms with E-state index in [-0.39, 0.29) is 33.9 Å². The zero-order valence-corrected chi connectivity index (χ0v) is 26.4. The minimum Gasteiger partial charge on any atom is -0.496 e. The predicted octanol–water partition coefficient (Wildman–Crippen LogP) is 7.85. The molecule has 0 saturated carbocycles. The molecule has 0 unspecified atom stereocenters. The monoisotopic (exact) mass is 646 g/mol. The first-order valence-corrected chi connectivity index (χ1v) is 14.7. The summed E-state index contributed by atoms with van der Waals surface area (Å²) in [4.78, 5) is 30.9. The topological polar surface area (TPSA) is 94.8 Å². The number of halogens is 3. The van der Waals surface area contributed by atoms with Gasteiger partial charge in [0.1, 0.15) is 11.6 Å². The third-order valence-electron chi connectivity index (χ3n) is 7.01. The maximum absolute atomic E-state index is 13.7. The number of anilines is 1. The van der Waals surface area contributed by atoms with Gasteiger partial charge in [-0.05, 0) is 90.2 Å². The molecule has 0 aliphatic carbocycles. The Bertz CT molecular complexity index is 1970. The van der Waals surface area contributed by atoms with Crippen molar-refractivity contribution >= 4 is 51.9 Å². The van der Waals surface area contributed by atoms with Crippen molar-refractivity contribution in [3.63, 3.8) is 0 Å². The summed E-state index contributed by atoms with van der Waals surface area (Å²) in [6.45, 7) is 5.67. The summed E-state index contributed by atoms with van der Waals surface area (Å²) in [5.74, 6) is 0.475. The number of aromatic nitrogens is 2. The van der Waals surface area contributed by atoms with Crippen molar-refractivity contribution < 1.29 is 18.7 Å². The first-order chi connectivity index (χ1) is 21.5. The number of carbonyl (C=O) groups is 1. The fourth-order valence-electron chi connectivity index (χ4n) is 4.76. The molecular weight excluding hydrogens is 618 g/mol. The van der Waals surface area contributed by atoms with E-state index in [2.05, 4.69) is 24.3 Å². The van der Waals surface area contributed by atoms with Gasteiger partial charge in [0.25, 0.3) is 11.5 Å². The lowest BCUT2D eigenvalue weighted by atomic mass is 9.96. The molecule has 45 heavy (non-hydrogen) atoms. The van der Waals surface area contributed by atoms with Crippen LogP contribution in [0.15, 0.2) is 82.7 Å². The summed E-state index contributed by atoms with van der Waals surface area (Å²) in [5.41, 5.74) is 3.65. The first-order valence-electron chi connectivity index (χ1n) is 14.0. The highest BCUT2D eigenvalue weighted by molar-refractivity contribution is 6.37. The molecule has 8 nitrogen and oxygen atoms in total. The van der Waals surface area contributed by atoms with Crippen molar-refractivity contribution in [2.45, 2.75) is 26.7 Å². The number of hydrogen-bond donors (Lipinski definition) is 1. The molecule has 1 heterocycles. The number of nitrogens with zero attached hydrogens (tertiary/aromatic N) is 3. The molecule has 0 bridgehead atoms. The summed E-state index contributed by atoms with van der Waals surface area (Å²) in [5, 5.41) is 7.82. The second kappa shape index (κ2) is 13.5. The highest BCUT2D eigenvalue weighted by Gasteiger charge is 2.19. The second-order valence-corrected chi connectivity index (χ2v) is 11.3. The van der Waals surface area contributed by atoms with Crippen LogP contribution in [0, 0.1) is 12.7 Å². The van der Waals surface area contributed by atoms with Gasteiger partial charge in [0, 0.05) is 11.3 Å². The molecule has 0 spiro atoms. The Morgan fingerprint density at radius 1 is 1.07 bits per heavy atom. The molecule has 1 aromatic heterocycles. The molecule has 5 aromatic rings. The molecule has 0 radical (unpaired) electrons. The van der Waals surface area contributed by atoms with Crippen LogP contribution in [0.4, 0.5) is 10.1 Å². The van der Waals surface area contributed by atoms with Crippen molar-refractivity contribution in [3.05, 3.63) is 116 Å². The molecule has 11 heteroatoms. The lowest BCUT2D eigenvalue weighted by Crippen LogP contribution is -2.21. The van der Waals surface area contributed by atoms with Gasteiger partial charge in [-0.3, -0.25) is 9.59 Å². The summed E-state index contributed by atoms with van der Waals surface area (Å²) in [6.07, 6.45) is 1.45. The minimum absolute atomic E-state index is 0.102. The Kier molecular flexibility index (Phi) is 9.51. The lowest BCUT2D eigenvalue weighted by Gasteiger charge is -2.17. The highest BCUT2D eigenvalue weighted by atomic mass is 35.5. The molecule has 0 aliphatic heterocycles. The fourth-order valence-corrected chi connectivity index (χ4v) is 5.37. The summed E-state index contributed by atoms with van der Waals surface area (Å²) < 4.78 is 25.6. The summed E-state index contributed by atoms with van der Waals surface area (Å²) >= 11 is 12.9. The number of hydrogen-bond acceptors (Lipinski definition) is 6.